The molecule has 1 heterocycles. The number of halogens is 3. The van der Waals surface area contributed by atoms with Crippen molar-refractivity contribution < 1.29 is 18.0 Å². The van der Waals surface area contributed by atoms with Crippen molar-refractivity contribution in [2.45, 2.75) is 50.6 Å². The van der Waals surface area contributed by atoms with Crippen molar-refractivity contribution in [3.63, 3.8) is 0 Å². The Morgan fingerprint density at radius 3 is 2.52 bits per heavy atom. The minimum atomic E-state index is -4.32. The third-order valence-corrected chi connectivity index (χ3v) is 5.12. The molecule has 2 atom stereocenters. The van der Waals surface area contributed by atoms with E-state index in [1.807, 2.05) is 0 Å². The zero-order chi connectivity index (χ0) is 15.0. The lowest BCUT2D eigenvalue weighted by molar-refractivity contribution is -0.197. The SMILES string of the molecule is O=C(Nc1nnc(C2CC2)s1)[C@@H]1CCCC[C@H]1C(F)(F)F. The van der Waals surface area contributed by atoms with Crippen molar-refractivity contribution >= 4 is 22.4 Å². The Morgan fingerprint density at radius 2 is 1.86 bits per heavy atom. The number of nitrogens with zero attached hydrogens (tertiary/aromatic N) is 2. The molecular formula is C13H16F3N3OS. The number of nitrogens with one attached hydrogen (secondary N) is 1. The zero-order valence-corrected chi connectivity index (χ0v) is 12.1. The van der Waals surface area contributed by atoms with Crippen LogP contribution in [0.5, 0.6) is 0 Å². The minimum absolute atomic E-state index is 0.0328. The maximum absolute atomic E-state index is 13.0. The molecule has 0 radical (unpaired) electrons. The number of hydrogen-bond donors (Lipinski definition) is 1. The molecule has 4 nitrogen and oxygen atoms in total. The third kappa shape index (κ3) is 3.36. The molecule has 116 valence electrons. The van der Waals surface area contributed by atoms with Gasteiger partial charge in [0, 0.05) is 11.8 Å². The lowest BCUT2D eigenvalue weighted by Crippen LogP contribution is -2.39. The van der Waals surface area contributed by atoms with Gasteiger partial charge in [0.15, 0.2) is 0 Å². The molecule has 1 aromatic rings. The molecule has 1 aromatic heterocycles. The Bertz CT molecular complexity index is 527. The summed E-state index contributed by atoms with van der Waals surface area (Å²) in [7, 11) is 0. The topological polar surface area (TPSA) is 54.9 Å². The van der Waals surface area contributed by atoms with Crippen LogP contribution in [0.15, 0.2) is 0 Å². The summed E-state index contributed by atoms with van der Waals surface area (Å²) in [4.78, 5) is 12.1. The molecule has 0 aromatic carbocycles. The maximum atomic E-state index is 13.0. The molecule has 0 aliphatic heterocycles. The van der Waals surface area contributed by atoms with E-state index in [0.29, 0.717) is 23.9 Å². The molecule has 8 heteroatoms. The van der Waals surface area contributed by atoms with E-state index in [-0.39, 0.29) is 12.8 Å². The van der Waals surface area contributed by atoms with Crippen LogP contribution in [0.1, 0.15) is 49.5 Å². The zero-order valence-electron chi connectivity index (χ0n) is 11.3. The van der Waals surface area contributed by atoms with Crippen molar-refractivity contribution in [1.29, 1.82) is 0 Å². The summed E-state index contributed by atoms with van der Waals surface area (Å²) >= 11 is 1.27. The first kappa shape index (κ1) is 14.7. The Balaban J connectivity index is 1.67. The number of amides is 1. The Labute approximate surface area is 124 Å². The van der Waals surface area contributed by atoms with Gasteiger partial charge < -0.3 is 5.32 Å². The van der Waals surface area contributed by atoms with Crippen LogP contribution in [0, 0.1) is 11.8 Å². The summed E-state index contributed by atoms with van der Waals surface area (Å²) in [6, 6.07) is 0. The second kappa shape index (κ2) is 5.55. The van der Waals surface area contributed by atoms with E-state index in [4.69, 9.17) is 0 Å². The molecule has 0 spiro atoms. The highest BCUT2D eigenvalue weighted by Gasteiger charge is 2.48. The molecule has 2 fully saturated rings. The van der Waals surface area contributed by atoms with E-state index < -0.39 is 23.9 Å². The maximum Gasteiger partial charge on any atom is 0.392 e. The van der Waals surface area contributed by atoms with Crippen molar-refractivity contribution in [1.82, 2.24) is 10.2 Å². The van der Waals surface area contributed by atoms with E-state index in [2.05, 4.69) is 15.5 Å². The van der Waals surface area contributed by atoms with Crippen LogP contribution < -0.4 is 5.32 Å². The molecule has 0 saturated heterocycles. The van der Waals surface area contributed by atoms with E-state index in [0.717, 1.165) is 17.8 Å². The van der Waals surface area contributed by atoms with Crippen LogP contribution in [0.4, 0.5) is 18.3 Å². The molecule has 0 unspecified atom stereocenters. The van der Waals surface area contributed by atoms with Gasteiger partial charge in [-0.1, -0.05) is 24.2 Å². The predicted molar refractivity (Wildman–Crippen MR) is 72.0 cm³/mol. The van der Waals surface area contributed by atoms with Gasteiger partial charge in [-0.05, 0) is 25.7 Å². The van der Waals surface area contributed by atoms with E-state index in [1.165, 1.54) is 11.3 Å². The fourth-order valence-corrected chi connectivity index (χ4v) is 3.73. The first-order valence-corrected chi connectivity index (χ1v) is 7.98. The summed E-state index contributed by atoms with van der Waals surface area (Å²) in [5, 5.41) is 11.5. The average Bonchev–Trinajstić information content (AvgIpc) is 3.19. The second-order valence-corrected chi connectivity index (χ2v) is 6.76. The molecule has 1 N–H and O–H groups in total. The molecule has 21 heavy (non-hydrogen) atoms. The fourth-order valence-electron chi connectivity index (χ4n) is 2.81. The van der Waals surface area contributed by atoms with Gasteiger partial charge in [0.05, 0.1) is 5.92 Å². The highest BCUT2D eigenvalue weighted by molar-refractivity contribution is 7.15. The Kier molecular flexibility index (Phi) is 3.90. The van der Waals surface area contributed by atoms with Crippen LogP contribution in [-0.2, 0) is 4.79 Å². The van der Waals surface area contributed by atoms with E-state index in [9.17, 15) is 18.0 Å². The number of alkyl halides is 3. The van der Waals surface area contributed by atoms with Gasteiger partial charge in [-0.3, -0.25) is 4.79 Å². The number of hydrogen-bond acceptors (Lipinski definition) is 4. The van der Waals surface area contributed by atoms with Crippen LogP contribution in [0.2, 0.25) is 0 Å². The van der Waals surface area contributed by atoms with Gasteiger partial charge in [0.25, 0.3) is 0 Å². The lowest BCUT2D eigenvalue weighted by Gasteiger charge is -2.31. The summed E-state index contributed by atoms with van der Waals surface area (Å²) in [5.41, 5.74) is 0. The van der Waals surface area contributed by atoms with Gasteiger partial charge in [0.2, 0.25) is 11.0 Å². The van der Waals surface area contributed by atoms with Gasteiger partial charge in [-0.2, -0.15) is 13.2 Å². The van der Waals surface area contributed by atoms with Gasteiger partial charge in [-0.25, -0.2) is 0 Å². The molecule has 2 aliphatic carbocycles. The Morgan fingerprint density at radius 1 is 1.14 bits per heavy atom. The van der Waals surface area contributed by atoms with Crippen molar-refractivity contribution in [3.8, 4) is 0 Å². The highest BCUT2D eigenvalue weighted by atomic mass is 32.1. The number of carbonyl (C=O) groups excluding carboxylic acids is 1. The van der Waals surface area contributed by atoms with Crippen molar-refractivity contribution in [3.05, 3.63) is 5.01 Å². The van der Waals surface area contributed by atoms with Gasteiger partial charge in [0.1, 0.15) is 5.01 Å². The van der Waals surface area contributed by atoms with Crippen LogP contribution in [0.3, 0.4) is 0 Å². The van der Waals surface area contributed by atoms with Crippen molar-refractivity contribution in [2.75, 3.05) is 5.32 Å². The molecular weight excluding hydrogens is 303 g/mol. The summed E-state index contributed by atoms with van der Waals surface area (Å²) < 4.78 is 39.0. The summed E-state index contributed by atoms with van der Waals surface area (Å²) in [5.74, 6) is -2.70. The smallest absolute Gasteiger partial charge is 0.300 e. The van der Waals surface area contributed by atoms with Gasteiger partial charge >= 0.3 is 6.18 Å². The first-order chi connectivity index (χ1) is 9.95. The fraction of sp³-hybridized carbons (Fsp3) is 0.769. The second-order valence-electron chi connectivity index (χ2n) is 5.75. The largest absolute Gasteiger partial charge is 0.392 e. The number of aromatic nitrogens is 2. The van der Waals surface area contributed by atoms with E-state index in [1.54, 1.807) is 0 Å². The average molecular weight is 319 g/mol. The monoisotopic (exact) mass is 319 g/mol. The van der Waals surface area contributed by atoms with Crippen LogP contribution in [-0.4, -0.2) is 22.3 Å². The van der Waals surface area contributed by atoms with E-state index >= 15 is 0 Å². The number of anilines is 1. The minimum Gasteiger partial charge on any atom is -0.300 e. The molecule has 3 rings (SSSR count). The van der Waals surface area contributed by atoms with Crippen LogP contribution in [0.25, 0.3) is 0 Å². The molecule has 1 amide bonds. The lowest BCUT2D eigenvalue weighted by atomic mass is 9.78. The predicted octanol–water partition coefficient (Wildman–Crippen LogP) is 3.72. The van der Waals surface area contributed by atoms with Gasteiger partial charge in [-0.15, -0.1) is 10.2 Å². The first-order valence-electron chi connectivity index (χ1n) is 7.16. The standard InChI is InChI=1S/C13H16F3N3OS/c14-13(15,16)9-4-2-1-3-8(9)10(20)17-12-19-18-11(21-12)7-5-6-7/h7-9H,1-6H2,(H,17,19,20)/t8-,9-/m1/s1. The number of rotatable bonds is 3. The summed E-state index contributed by atoms with van der Waals surface area (Å²) in [6.07, 6.45) is -0.673. The molecule has 0 bridgehead atoms. The van der Waals surface area contributed by atoms with Crippen molar-refractivity contribution in [2.24, 2.45) is 11.8 Å². The quantitative estimate of drug-likeness (QED) is 0.924. The third-order valence-electron chi connectivity index (χ3n) is 4.12. The Hall–Kier alpha value is -1.18. The number of carbonyl (C=O) groups is 1. The van der Waals surface area contributed by atoms with Crippen LogP contribution >= 0.6 is 11.3 Å². The normalized spacial score (nSPS) is 26.6. The molecule has 2 saturated carbocycles. The highest BCUT2D eigenvalue weighted by Crippen LogP contribution is 2.43. The molecule has 2 aliphatic rings. The summed E-state index contributed by atoms with van der Waals surface area (Å²) in [6.45, 7) is 0.